The Kier molecular flexibility index (Phi) is 4.02. The van der Waals surface area contributed by atoms with Crippen LogP contribution in [0.5, 0.6) is 5.75 Å². The highest BCUT2D eigenvalue weighted by molar-refractivity contribution is 5.97. The Morgan fingerprint density at radius 3 is 2.62 bits per heavy atom. The van der Waals surface area contributed by atoms with Gasteiger partial charge in [0.15, 0.2) is 0 Å². The molecule has 0 unspecified atom stereocenters. The van der Waals surface area contributed by atoms with Gasteiger partial charge in [-0.3, -0.25) is 0 Å². The lowest BCUT2D eigenvalue weighted by molar-refractivity contribution is -0.142. The van der Waals surface area contributed by atoms with Crippen molar-refractivity contribution in [2.24, 2.45) is 0 Å². The standard InChI is InChI=1S/C16H20N2O3/c1-5-18(16(2,3)15(19)20)14-12-7-6-8-13(21-4)11(12)9-10-17-14/h6-10H,5H2,1-4H3,(H,19,20). The molecular weight excluding hydrogens is 268 g/mol. The zero-order chi connectivity index (χ0) is 15.6. The molecule has 5 heteroatoms. The minimum Gasteiger partial charge on any atom is -0.496 e. The highest BCUT2D eigenvalue weighted by Gasteiger charge is 2.35. The summed E-state index contributed by atoms with van der Waals surface area (Å²) in [4.78, 5) is 17.8. The van der Waals surface area contributed by atoms with Gasteiger partial charge >= 0.3 is 5.97 Å². The van der Waals surface area contributed by atoms with E-state index in [1.807, 2.05) is 31.2 Å². The summed E-state index contributed by atoms with van der Waals surface area (Å²) in [6.45, 7) is 5.83. The Morgan fingerprint density at radius 2 is 2.05 bits per heavy atom. The van der Waals surface area contributed by atoms with E-state index in [0.29, 0.717) is 12.4 Å². The SMILES string of the molecule is CCN(c1nccc2c(OC)cccc12)C(C)(C)C(=O)O. The van der Waals surface area contributed by atoms with Gasteiger partial charge in [0.2, 0.25) is 0 Å². The molecule has 2 rings (SSSR count). The van der Waals surface area contributed by atoms with E-state index in [1.165, 1.54) is 0 Å². The number of carbonyl (C=O) groups is 1. The number of ether oxygens (including phenoxy) is 1. The van der Waals surface area contributed by atoms with E-state index in [1.54, 1.807) is 32.1 Å². The van der Waals surface area contributed by atoms with Gasteiger partial charge in [-0.05, 0) is 32.9 Å². The summed E-state index contributed by atoms with van der Waals surface area (Å²) in [5, 5.41) is 11.3. The molecule has 1 N–H and O–H groups in total. The molecule has 0 aliphatic carbocycles. The second-order valence-corrected chi connectivity index (χ2v) is 5.30. The van der Waals surface area contributed by atoms with Crippen molar-refractivity contribution in [3.8, 4) is 5.75 Å². The first-order valence-corrected chi connectivity index (χ1v) is 6.86. The van der Waals surface area contributed by atoms with E-state index in [2.05, 4.69) is 4.98 Å². The summed E-state index contributed by atoms with van der Waals surface area (Å²) in [5.74, 6) is 0.521. The van der Waals surface area contributed by atoms with Crippen molar-refractivity contribution in [3.63, 3.8) is 0 Å². The molecule has 21 heavy (non-hydrogen) atoms. The number of pyridine rings is 1. The van der Waals surface area contributed by atoms with Gasteiger partial charge in [-0.2, -0.15) is 0 Å². The fraction of sp³-hybridized carbons (Fsp3) is 0.375. The molecule has 0 saturated heterocycles. The third-order valence-electron chi connectivity index (χ3n) is 3.74. The first-order valence-electron chi connectivity index (χ1n) is 6.86. The number of aliphatic carboxylic acids is 1. The summed E-state index contributed by atoms with van der Waals surface area (Å²) in [6.07, 6.45) is 1.68. The maximum atomic E-state index is 11.6. The number of carboxylic acids is 1. The molecule has 0 spiro atoms. The van der Waals surface area contributed by atoms with E-state index in [0.717, 1.165) is 16.5 Å². The van der Waals surface area contributed by atoms with Gasteiger partial charge in [0.1, 0.15) is 17.1 Å². The molecule has 5 nitrogen and oxygen atoms in total. The molecular formula is C16H20N2O3. The Hall–Kier alpha value is -2.30. The number of hydrogen-bond acceptors (Lipinski definition) is 4. The Balaban J connectivity index is 2.68. The number of likely N-dealkylation sites (N-methyl/N-ethyl adjacent to an activating group) is 1. The Bertz CT molecular complexity index is 668. The summed E-state index contributed by atoms with van der Waals surface area (Å²) in [5.41, 5.74) is -1.04. The molecule has 0 bridgehead atoms. The summed E-state index contributed by atoms with van der Waals surface area (Å²) in [6, 6.07) is 7.57. The van der Waals surface area contributed by atoms with E-state index in [9.17, 15) is 9.90 Å². The van der Waals surface area contributed by atoms with Gasteiger partial charge < -0.3 is 14.7 Å². The lowest BCUT2D eigenvalue weighted by atomic mass is 10.0. The van der Waals surface area contributed by atoms with Gasteiger partial charge in [0.25, 0.3) is 0 Å². The van der Waals surface area contributed by atoms with Gasteiger partial charge in [-0.15, -0.1) is 0 Å². The first-order chi connectivity index (χ1) is 9.93. The number of anilines is 1. The first kappa shape index (κ1) is 15.1. The molecule has 2 aromatic rings. The maximum absolute atomic E-state index is 11.6. The molecule has 112 valence electrons. The number of fused-ring (bicyclic) bond motifs is 1. The number of hydrogen-bond donors (Lipinski definition) is 1. The average molecular weight is 288 g/mol. The van der Waals surface area contributed by atoms with Gasteiger partial charge in [-0.25, -0.2) is 9.78 Å². The van der Waals surface area contributed by atoms with Crippen LogP contribution in [0.3, 0.4) is 0 Å². The van der Waals surface area contributed by atoms with Crippen molar-refractivity contribution < 1.29 is 14.6 Å². The third-order valence-corrected chi connectivity index (χ3v) is 3.74. The van der Waals surface area contributed by atoms with E-state index < -0.39 is 11.5 Å². The highest BCUT2D eigenvalue weighted by atomic mass is 16.5. The van der Waals surface area contributed by atoms with Crippen LogP contribution in [-0.4, -0.2) is 35.3 Å². The van der Waals surface area contributed by atoms with Crippen molar-refractivity contribution in [3.05, 3.63) is 30.5 Å². The van der Waals surface area contributed by atoms with Crippen molar-refractivity contribution in [1.29, 1.82) is 0 Å². The molecule has 1 heterocycles. The predicted molar refractivity (Wildman–Crippen MR) is 83.0 cm³/mol. The average Bonchev–Trinajstić information content (AvgIpc) is 2.47. The molecule has 0 radical (unpaired) electrons. The topological polar surface area (TPSA) is 62.7 Å². The number of rotatable bonds is 5. The van der Waals surface area contributed by atoms with Crippen LogP contribution in [0.2, 0.25) is 0 Å². The van der Waals surface area contributed by atoms with Crippen LogP contribution in [0, 0.1) is 0 Å². The number of aromatic nitrogens is 1. The predicted octanol–water partition coefficient (Wildman–Crippen LogP) is 2.93. The van der Waals surface area contributed by atoms with Crippen LogP contribution >= 0.6 is 0 Å². The van der Waals surface area contributed by atoms with Gasteiger partial charge in [-0.1, -0.05) is 12.1 Å². The van der Waals surface area contributed by atoms with Crippen molar-refractivity contribution >= 4 is 22.6 Å². The van der Waals surface area contributed by atoms with Crippen molar-refractivity contribution in [1.82, 2.24) is 4.98 Å². The van der Waals surface area contributed by atoms with Gasteiger partial charge in [0.05, 0.1) is 7.11 Å². The van der Waals surface area contributed by atoms with Crippen LogP contribution in [-0.2, 0) is 4.79 Å². The molecule has 0 aliphatic rings. The fourth-order valence-electron chi connectivity index (χ4n) is 2.48. The Labute approximate surface area is 124 Å². The highest BCUT2D eigenvalue weighted by Crippen LogP contribution is 2.33. The van der Waals surface area contributed by atoms with E-state index in [4.69, 9.17) is 4.74 Å². The van der Waals surface area contributed by atoms with E-state index >= 15 is 0 Å². The van der Waals surface area contributed by atoms with Crippen LogP contribution in [0.25, 0.3) is 10.8 Å². The minimum atomic E-state index is -1.04. The molecule has 1 aromatic heterocycles. The van der Waals surface area contributed by atoms with Crippen LogP contribution in [0.1, 0.15) is 20.8 Å². The van der Waals surface area contributed by atoms with Crippen LogP contribution in [0.15, 0.2) is 30.5 Å². The molecule has 1 aromatic carbocycles. The molecule has 0 atom stereocenters. The zero-order valence-corrected chi connectivity index (χ0v) is 12.8. The van der Waals surface area contributed by atoms with Crippen LogP contribution < -0.4 is 9.64 Å². The second kappa shape index (κ2) is 5.60. The lowest BCUT2D eigenvalue weighted by Gasteiger charge is -2.35. The number of benzene rings is 1. The molecule has 0 amide bonds. The quantitative estimate of drug-likeness (QED) is 0.916. The van der Waals surface area contributed by atoms with Gasteiger partial charge in [0, 0.05) is 23.5 Å². The smallest absolute Gasteiger partial charge is 0.328 e. The van der Waals surface area contributed by atoms with E-state index in [-0.39, 0.29) is 0 Å². The van der Waals surface area contributed by atoms with Crippen LogP contribution in [0.4, 0.5) is 5.82 Å². The minimum absolute atomic E-state index is 0.544. The molecule has 0 fully saturated rings. The number of carboxylic acid groups (broad SMARTS) is 1. The number of methoxy groups -OCH3 is 1. The summed E-state index contributed by atoms with van der Waals surface area (Å²) < 4.78 is 5.37. The lowest BCUT2D eigenvalue weighted by Crippen LogP contribution is -2.50. The zero-order valence-electron chi connectivity index (χ0n) is 12.8. The maximum Gasteiger partial charge on any atom is 0.328 e. The summed E-state index contributed by atoms with van der Waals surface area (Å²) >= 11 is 0. The fourth-order valence-corrected chi connectivity index (χ4v) is 2.48. The second-order valence-electron chi connectivity index (χ2n) is 5.30. The normalized spacial score (nSPS) is 11.4. The number of nitrogens with zero attached hydrogens (tertiary/aromatic N) is 2. The largest absolute Gasteiger partial charge is 0.496 e. The molecule has 0 aliphatic heterocycles. The monoisotopic (exact) mass is 288 g/mol. The Morgan fingerprint density at radius 1 is 1.33 bits per heavy atom. The van der Waals surface area contributed by atoms with Crippen molar-refractivity contribution in [2.45, 2.75) is 26.3 Å². The molecule has 0 saturated carbocycles. The summed E-state index contributed by atoms with van der Waals surface area (Å²) in [7, 11) is 1.62. The third kappa shape index (κ3) is 2.51. The van der Waals surface area contributed by atoms with Crippen molar-refractivity contribution in [2.75, 3.05) is 18.6 Å².